The highest BCUT2D eigenvalue weighted by Crippen LogP contribution is 2.27. The van der Waals surface area contributed by atoms with E-state index in [2.05, 4.69) is 20.8 Å². The van der Waals surface area contributed by atoms with E-state index in [-0.39, 0.29) is 35.8 Å². The van der Waals surface area contributed by atoms with E-state index in [1.807, 2.05) is 69.8 Å². The van der Waals surface area contributed by atoms with Crippen LogP contribution in [0.5, 0.6) is 0 Å². The van der Waals surface area contributed by atoms with Crippen LogP contribution >= 0.6 is 11.6 Å². The average Bonchev–Trinajstić information content (AvgIpc) is 3.35. The fourth-order valence-electron chi connectivity index (χ4n) is 4.52. The highest BCUT2D eigenvalue weighted by molar-refractivity contribution is 6.31. The Morgan fingerprint density at radius 1 is 0.951 bits per heavy atom. The van der Waals surface area contributed by atoms with Gasteiger partial charge in [-0.25, -0.2) is 0 Å². The van der Waals surface area contributed by atoms with E-state index in [4.69, 9.17) is 11.6 Å². The van der Waals surface area contributed by atoms with Gasteiger partial charge in [-0.05, 0) is 78.9 Å². The molecule has 2 N–H and O–H groups in total. The third-order valence-corrected chi connectivity index (χ3v) is 7.03. The van der Waals surface area contributed by atoms with Gasteiger partial charge in [0.05, 0.1) is 0 Å². The Bertz CT molecular complexity index is 1590. The molecule has 2 aromatic carbocycles. The number of nitrogens with zero attached hydrogens (tertiary/aromatic N) is 4. The predicted octanol–water partition coefficient (Wildman–Crippen LogP) is 5.26. The van der Waals surface area contributed by atoms with Gasteiger partial charge in [0, 0.05) is 54.5 Å². The number of halogens is 1. The summed E-state index contributed by atoms with van der Waals surface area (Å²) >= 11 is 6.59. The van der Waals surface area contributed by atoms with Crippen molar-refractivity contribution in [1.29, 1.82) is 0 Å². The van der Waals surface area contributed by atoms with Crippen LogP contribution in [0.4, 0.5) is 5.69 Å². The topological polar surface area (TPSA) is 111 Å². The minimum atomic E-state index is -0.864. The molecular formula is C31H35ClN6O3. The van der Waals surface area contributed by atoms with E-state index in [0.29, 0.717) is 28.5 Å². The summed E-state index contributed by atoms with van der Waals surface area (Å²) in [5, 5.41) is 14.3. The summed E-state index contributed by atoms with van der Waals surface area (Å²) < 4.78 is 3.48. The third-order valence-electron chi connectivity index (χ3n) is 6.66. The number of hydrogen-bond donors (Lipinski definition) is 2. The van der Waals surface area contributed by atoms with Crippen LogP contribution in [0, 0.1) is 5.92 Å². The van der Waals surface area contributed by atoms with Gasteiger partial charge in [0.1, 0.15) is 12.4 Å². The van der Waals surface area contributed by atoms with E-state index in [1.165, 1.54) is 0 Å². The standard InChI is InChI=1S/C31H35ClN6O3/c1-19(2)14-28(39)35-27(31(41)34-25-10-6-21(7-11-25)30-36-33-18-37(30)5)16-24-15-22(8-12-26(24)32)23-9-13-29(40)38(17-23)20(3)4/h6-13,15,17-20,27H,14,16H2,1-5H3,(H,34,41)(H,35,39)/t27-/m0/s1. The number of aromatic nitrogens is 4. The molecule has 4 rings (SSSR count). The molecule has 2 heterocycles. The fourth-order valence-corrected chi connectivity index (χ4v) is 4.71. The maximum absolute atomic E-state index is 13.5. The molecule has 0 spiro atoms. The highest BCUT2D eigenvalue weighted by atomic mass is 35.5. The Balaban J connectivity index is 1.59. The maximum atomic E-state index is 13.5. The van der Waals surface area contributed by atoms with Gasteiger partial charge in [-0.1, -0.05) is 31.5 Å². The number of rotatable bonds is 10. The Morgan fingerprint density at radius 2 is 1.63 bits per heavy atom. The highest BCUT2D eigenvalue weighted by Gasteiger charge is 2.23. The fraction of sp³-hybridized carbons (Fsp3) is 0.323. The molecule has 0 saturated carbocycles. The number of benzene rings is 2. The smallest absolute Gasteiger partial charge is 0.250 e. The largest absolute Gasteiger partial charge is 0.344 e. The minimum Gasteiger partial charge on any atom is -0.344 e. The third kappa shape index (κ3) is 7.49. The molecule has 0 fully saturated rings. The summed E-state index contributed by atoms with van der Waals surface area (Å²) in [4.78, 5) is 38.5. The summed E-state index contributed by atoms with van der Waals surface area (Å²) in [7, 11) is 1.86. The van der Waals surface area contributed by atoms with Gasteiger partial charge in [0.25, 0.3) is 5.56 Å². The van der Waals surface area contributed by atoms with Gasteiger partial charge < -0.3 is 19.8 Å². The lowest BCUT2D eigenvalue weighted by molar-refractivity contribution is -0.127. The maximum Gasteiger partial charge on any atom is 0.250 e. The Kier molecular flexibility index (Phi) is 9.39. The molecule has 0 aliphatic rings. The van der Waals surface area contributed by atoms with Gasteiger partial charge in [0.15, 0.2) is 5.82 Å². The van der Waals surface area contributed by atoms with Crippen LogP contribution in [-0.2, 0) is 23.1 Å². The first-order valence-corrected chi connectivity index (χ1v) is 13.9. The zero-order chi connectivity index (χ0) is 29.7. The van der Waals surface area contributed by atoms with Crippen LogP contribution in [0.1, 0.15) is 45.7 Å². The van der Waals surface area contributed by atoms with Gasteiger partial charge in [-0.3, -0.25) is 14.4 Å². The lowest BCUT2D eigenvalue weighted by atomic mass is 9.99. The summed E-state index contributed by atoms with van der Waals surface area (Å²) in [6.45, 7) is 7.80. The number of amides is 2. The quantitative estimate of drug-likeness (QED) is 0.268. The Labute approximate surface area is 244 Å². The molecular weight excluding hydrogens is 540 g/mol. The lowest BCUT2D eigenvalue weighted by Crippen LogP contribution is -2.45. The Hall–Kier alpha value is -4.24. The second-order valence-electron chi connectivity index (χ2n) is 10.8. The van der Waals surface area contributed by atoms with Crippen molar-refractivity contribution in [3.8, 4) is 22.5 Å². The number of anilines is 1. The van der Waals surface area contributed by atoms with Crippen LogP contribution in [-0.4, -0.2) is 37.2 Å². The molecule has 4 aromatic rings. The van der Waals surface area contributed by atoms with Gasteiger partial charge in [-0.15, -0.1) is 10.2 Å². The van der Waals surface area contributed by atoms with Gasteiger partial charge >= 0.3 is 0 Å². The molecule has 2 amide bonds. The Morgan fingerprint density at radius 3 is 2.27 bits per heavy atom. The molecule has 10 heteroatoms. The minimum absolute atomic E-state index is 0.00734. The zero-order valence-electron chi connectivity index (χ0n) is 23.9. The van der Waals surface area contributed by atoms with Crippen molar-refractivity contribution in [1.82, 2.24) is 24.6 Å². The number of carbonyl (C=O) groups is 2. The van der Waals surface area contributed by atoms with E-state index < -0.39 is 6.04 Å². The van der Waals surface area contributed by atoms with Crippen LogP contribution in [0.2, 0.25) is 5.02 Å². The van der Waals surface area contributed by atoms with Crippen molar-refractivity contribution in [3.05, 3.63) is 88.1 Å². The van der Waals surface area contributed by atoms with Gasteiger partial charge in [-0.2, -0.15) is 0 Å². The second kappa shape index (κ2) is 13.0. The van der Waals surface area contributed by atoms with Crippen molar-refractivity contribution in [2.75, 3.05) is 5.32 Å². The van der Waals surface area contributed by atoms with E-state index in [1.54, 1.807) is 41.2 Å². The average molecular weight is 575 g/mol. The molecule has 0 aliphatic carbocycles. The normalized spacial score (nSPS) is 12.0. The molecule has 41 heavy (non-hydrogen) atoms. The summed E-state index contributed by atoms with van der Waals surface area (Å²) in [6, 6.07) is 15.3. The van der Waals surface area contributed by atoms with Crippen LogP contribution < -0.4 is 16.2 Å². The summed E-state index contributed by atoms with van der Waals surface area (Å²) in [5.74, 6) is 0.271. The second-order valence-corrected chi connectivity index (χ2v) is 11.2. The molecule has 0 saturated heterocycles. The van der Waals surface area contributed by atoms with E-state index in [9.17, 15) is 14.4 Å². The zero-order valence-corrected chi connectivity index (χ0v) is 24.6. The monoisotopic (exact) mass is 574 g/mol. The molecule has 0 bridgehead atoms. The van der Waals surface area contributed by atoms with Crippen molar-refractivity contribution in [2.45, 2.75) is 52.6 Å². The van der Waals surface area contributed by atoms with Crippen LogP contribution in [0.25, 0.3) is 22.5 Å². The lowest BCUT2D eigenvalue weighted by Gasteiger charge is -2.20. The van der Waals surface area contributed by atoms with Crippen LogP contribution in [0.15, 0.2) is 71.9 Å². The molecule has 0 aliphatic heterocycles. The van der Waals surface area contributed by atoms with Crippen molar-refractivity contribution in [2.24, 2.45) is 13.0 Å². The molecule has 2 aromatic heterocycles. The number of hydrogen-bond acceptors (Lipinski definition) is 5. The first-order valence-electron chi connectivity index (χ1n) is 13.6. The van der Waals surface area contributed by atoms with Gasteiger partial charge in [0.2, 0.25) is 11.8 Å². The van der Waals surface area contributed by atoms with E-state index in [0.717, 1.165) is 16.7 Å². The SMILES string of the molecule is CC(C)CC(=O)N[C@@H](Cc1cc(-c2ccc(=O)n(C(C)C)c2)ccc1Cl)C(=O)Nc1ccc(-c2nncn2C)cc1. The van der Waals surface area contributed by atoms with Crippen molar-refractivity contribution >= 4 is 29.1 Å². The van der Waals surface area contributed by atoms with Crippen LogP contribution in [0.3, 0.4) is 0 Å². The molecule has 214 valence electrons. The summed E-state index contributed by atoms with van der Waals surface area (Å²) in [5.41, 5.74) is 3.77. The number of carbonyl (C=O) groups excluding carboxylic acids is 2. The predicted molar refractivity (Wildman–Crippen MR) is 162 cm³/mol. The number of nitrogens with one attached hydrogen (secondary N) is 2. The van der Waals surface area contributed by atoms with Crippen molar-refractivity contribution < 1.29 is 9.59 Å². The first kappa shape index (κ1) is 29.7. The number of aryl methyl sites for hydroxylation is 1. The van der Waals surface area contributed by atoms with Crippen molar-refractivity contribution in [3.63, 3.8) is 0 Å². The summed E-state index contributed by atoms with van der Waals surface area (Å²) in [6.07, 6.45) is 3.92. The molecule has 0 unspecified atom stereocenters. The molecule has 1 atom stereocenters. The molecule has 0 radical (unpaired) electrons. The first-order chi connectivity index (χ1) is 19.5. The number of pyridine rings is 1. The molecule has 9 nitrogen and oxygen atoms in total. The van der Waals surface area contributed by atoms with E-state index >= 15 is 0 Å².